The number of ether oxygens (including phenoxy) is 1. The lowest BCUT2D eigenvalue weighted by Crippen LogP contribution is -2.06. The number of hydrogen-bond acceptors (Lipinski definition) is 4. The SMILES string of the molecule is COc1cc(F)ccc1-c1ccnc2nc(C3CCCCC3)nn12. The van der Waals surface area contributed by atoms with E-state index in [-0.39, 0.29) is 5.82 Å². The van der Waals surface area contributed by atoms with E-state index in [1.807, 2.05) is 6.07 Å². The van der Waals surface area contributed by atoms with Crippen LogP contribution in [0.5, 0.6) is 5.75 Å². The average Bonchev–Trinajstić information content (AvgIpc) is 3.07. The van der Waals surface area contributed by atoms with Crippen molar-refractivity contribution in [3.8, 4) is 17.0 Å². The van der Waals surface area contributed by atoms with Crippen LogP contribution in [0.1, 0.15) is 43.8 Å². The van der Waals surface area contributed by atoms with Crippen molar-refractivity contribution < 1.29 is 9.13 Å². The first kappa shape index (κ1) is 15.1. The molecule has 0 radical (unpaired) electrons. The van der Waals surface area contributed by atoms with Crippen LogP contribution in [0.25, 0.3) is 17.0 Å². The first-order valence-corrected chi connectivity index (χ1v) is 8.32. The van der Waals surface area contributed by atoms with Crippen molar-refractivity contribution in [2.24, 2.45) is 0 Å². The largest absolute Gasteiger partial charge is 0.496 e. The maximum Gasteiger partial charge on any atom is 0.252 e. The number of methoxy groups -OCH3 is 1. The molecule has 0 saturated heterocycles. The molecule has 5 nitrogen and oxygen atoms in total. The first-order valence-electron chi connectivity index (χ1n) is 8.32. The Kier molecular flexibility index (Phi) is 3.88. The summed E-state index contributed by atoms with van der Waals surface area (Å²) in [5.74, 6) is 1.97. The van der Waals surface area contributed by atoms with E-state index in [0.29, 0.717) is 17.4 Å². The second-order valence-corrected chi connectivity index (χ2v) is 6.19. The molecule has 1 aliphatic carbocycles. The van der Waals surface area contributed by atoms with Crippen molar-refractivity contribution in [1.29, 1.82) is 0 Å². The Morgan fingerprint density at radius 2 is 2.00 bits per heavy atom. The van der Waals surface area contributed by atoms with Crippen LogP contribution in [-0.2, 0) is 0 Å². The predicted molar refractivity (Wildman–Crippen MR) is 88.6 cm³/mol. The third-order valence-corrected chi connectivity index (χ3v) is 4.67. The summed E-state index contributed by atoms with van der Waals surface area (Å²) in [7, 11) is 1.53. The molecule has 2 aromatic heterocycles. The smallest absolute Gasteiger partial charge is 0.252 e. The third-order valence-electron chi connectivity index (χ3n) is 4.67. The zero-order chi connectivity index (χ0) is 16.5. The van der Waals surface area contributed by atoms with Gasteiger partial charge in [-0.2, -0.15) is 9.50 Å². The van der Waals surface area contributed by atoms with Gasteiger partial charge in [0.25, 0.3) is 5.78 Å². The number of hydrogen-bond donors (Lipinski definition) is 0. The van der Waals surface area contributed by atoms with Crippen LogP contribution >= 0.6 is 0 Å². The highest BCUT2D eigenvalue weighted by molar-refractivity contribution is 5.68. The van der Waals surface area contributed by atoms with Gasteiger partial charge in [-0.05, 0) is 31.0 Å². The van der Waals surface area contributed by atoms with Gasteiger partial charge in [0.15, 0.2) is 5.82 Å². The quantitative estimate of drug-likeness (QED) is 0.730. The monoisotopic (exact) mass is 326 g/mol. The number of fused-ring (bicyclic) bond motifs is 1. The topological polar surface area (TPSA) is 52.3 Å². The highest BCUT2D eigenvalue weighted by atomic mass is 19.1. The third kappa shape index (κ3) is 2.62. The summed E-state index contributed by atoms with van der Waals surface area (Å²) in [5.41, 5.74) is 1.57. The molecule has 0 amide bonds. The Morgan fingerprint density at radius 3 is 2.79 bits per heavy atom. The minimum Gasteiger partial charge on any atom is -0.496 e. The average molecular weight is 326 g/mol. The molecule has 0 atom stereocenters. The van der Waals surface area contributed by atoms with Crippen LogP contribution in [-0.4, -0.2) is 26.7 Å². The van der Waals surface area contributed by atoms with E-state index >= 15 is 0 Å². The Bertz CT molecular complexity index is 871. The number of rotatable bonds is 3. The summed E-state index contributed by atoms with van der Waals surface area (Å²) < 4.78 is 20.6. The van der Waals surface area contributed by atoms with E-state index in [1.54, 1.807) is 16.8 Å². The number of aromatic nitrogens is 4. The molecule has 1 fully saturated rings. The lowest BCUT2D eigenvalue weighted by molar-refractivity contribution is 0.412. The van der Waals surface area contributed by atoms with E-state index < -0.39 is 0 Å². The lowest BCUT2D eigenvalue weighted by Gasteiger charge is -2.17. The zero-order valence-electron chi connectivity index (χ0n) is 13.6. The molecule has 0 N–H and O–H groups in total. The highest BCUT2D eigenvalue weighted by Crippen LogP contribution is 2.33. The molecule has 1 aliphatic rings. The second kappa shape index (κ2) is 6.19. The molecule has 3 aromatic rings. The maximum absolute atomic E-state index is 13.5. The summed E-state index contributed by atoms with van der Waals surface area (Å²) in [6.07, 6.45) is 7.71. The Labute approximate surface area is 139 Å². The molecule has 24 heavy (non-hydrogen) atoms. The molecule has 124 valence electrons. The van der Waals surface area contributed by atoms with Crippen LogP contribution in [0.15, 0.2) is 30.5 Å². The molecule has 2 heterocycles. The molecule has 6 heteroatoms. The van der Waals surface area contributed by atoms with E-state index in [1.165, 1.54) is 38.5 Å². The van der Waals surface area contributed by atoms with Crippen LogP contribution in [0.2, 0.25) is 0 Å². The van der Waals surface area contributed by atoms with Crippen molar-refractivity contribution in [2.75, 3.05) is 7.11 Å². The van der Waals surface area contributed by atoms with Gasteiger partial charge in [0.1, 0.15) is 11.6 Å². The van der Waals surface area contributed by atoms with Crippen LogP contribution < -0.4 is 4.74 Å². The minimum absolute atomic E-state index is 0.331. The van der Waals surface area contributed by atoms with Crippen molar-refractivity contribution in [3.63, 3.8) is 0 Å². The Hall–Kier alpha value is -2.50. The number of benzene rings is 1. The van der Waals surface area contributed by atoms with Gasteiger partial charge in [-0.1, -0.05) is 19.3 Å². The van der Waals surface area contributed by atoms with Gasteiger partial charge in [-0.15, -0.1) is 5.10 Å². The van der Waals surface area contributed by atoms with E-state index in [4.69, 9.17) is 9.84 Å². The maximum atomic E-state index is 13.5. The number of halogens is 1. The van der Waals surface area contributed by atoms with Gasteiger partial charge in [0, 0.05) is 23.7 Å². The lowest BCUT2D eigenvalue weighted by atomic mass is 9.89. The van der Waals surface area contributed by atoms with Crippen LogP contribution in [0.4, 0.5) is 4.39 Å². The fourth-order valence-electron chi connectivity index (χ4n) is 3.42. The minimum atomic E-state index is -0.331. The summed E-state index contributed by atoms with van der Waals surface area (Å²) in [6, 6.07) is 6.34. The summed E-state index contributed by atoms with van der Waals surface area (Å²) in [4.78, 5) is 8.95. The van der Waals surface area contributed by atoms with Crippen molar-refractivity contribution >= 4 is 5.78 Å². The molecule has 0 spiro atoms. The summed E-state index contributed by atoms with van der Waals surface area (Å²) in [5, 5.41) is 4.70. The van der Waals surface area contributed by atoms with Crippen molar-refractivity contribution in [2.45, 2.75) is 38.0 Å². The van der Waals surface area contributed by atoms with Gasteiger partial charge in [-0.25, -0.2) is 9.37 Å². The summed E-state index contributed by atoms with van der Waals surface area (Å²) >= 11 is 0. The molecule has 4 rings (SSSR count). The van der Waals surface area contributed by atoms with Crippen molar-refractivity contribution in [1.82, 2.24) is 19.6 Å². The fourth-order valence-corrected chi connectivity index (χ4v) is 3.42. The molecule has 1 saturated carbocycles. The molecule has 1 aromatic carbocycles. The predicted octanol–water partition coefficient (Wildman–Crippen LogP) is 3.99. The van der Waals surface area contributed by atoms with Gasteiger partial charge in [0.05, 0.1) is 12.8 Å². The second-order valence-electron chi connectivity index (χ2n) is 6.19. The van der Waals surface area contributed by atoms with Gasteiger partial charge in [-0.3, -0.25) is 0 Å². The zero-order valence-corrected chi connectivity index (χ0v) is 13.6. The van der Waals surface area contributed by atoms with Gasteiger partial charge >= 0.3 is 0 Å². The first-order chi connectivity index (χ1) is 11.8. The van der Waals surface area contributed by atoms with E-state index in [9.17, 15) is 4.39 Å². The van der Waals surface area contributed by atoms with E-state index in [0.717, 1.165) is 29.9 Å². The Morgan fingerprint density at radius 1 is 1.17 bits per heavy atom. The standard InChI is InChI=1S/C18H19FN4O/c1-24-16-11-13(19)7-8-14(16)15-9-10-20-18-21-17(22-23(15)18)12-5-3-2-4-6-12/h7-12H,2-6H2,1H3. The van der Waals surface area contributed by atoms with Gasteiger partial charge in [0.2, 0.25) is 0 Å². The highest BCUT2D eigenvalue weighted by Gasteiger charge is 2.21. The van der Waals surface area contributed by atoms with E-state index in [2.05, 4.69) is 9.97 Å². The molecular weight excluding hydrogens is 307 g/mol. The van der Waals surface area contributed by atoms with Crippen molar-refractivity contribution in [3.05, 3.63) is 42.1 Å². The van der Waals surface area contributed by atoms with Gasteiger partial charge < -0.3 is 4.74 Å². The Balaban J connectivity index is 1.83. The molecular formula is C18H19FN4O. The summed E-state index contributed by atoms with van der Waals surface area (Å²) in [6.45, 7) is 0. The fraction of sp³-hybridized carbons (Fsp3) is 0.389. The molecule has 0 aliphatic heterocycles. The normalized spacial score (nSPS) is 15.8. The number of nitrogens with zero attached hydrogens (tertiary/aromatic N) is 4. The molecule has 0 bridgehead atoms. The van der Waals surface area contributed by atoms with Crippen LogP contribution in [0.3, 0.4) is 0 Å². The van der Waals surface area contributed by atoms with Crippen LogP contribution in [0, 0.1) is 5.82 Å². The molecule has 0 unspecified atom stereocenters.